The van der Waals surface area contributed by atoms with Crippen LogP contribution in [0.5, 0.6) is 0 Å². The molecular formula is C9H10N2. The molecule has 0 saturated heterocycles. The van der Waals surface area contributed by atoms with Crippen molar-refractivity contribution in [3.63, 3.8) is 0 Å². The minimum atomic E-state index is 1.00. The first kappa shape index (κ1) is 7.66. The van der Waals surface area contributed by atoms with Crippen LogP contribution in [0.25, 0.3) is 6.08 Å². The summed E-state index contributed by atoms with van der Waals surface area (Å²) in [5.74, 6) is 0. The van der Waals surface area contributed by atoms with Crippen molar-refractivity contribution in [1.29, 1.82) is 0 Å². The Bertz CT molecular complexity index is 277. The van der Waals surface area contributed by atoms with Crippen LogP contribution in [0.3, 0.4) is 0 Å². The van der Waals surface area contributed by atoms with Gasteiger partial charge in [0.25, 0.3) is 0 Å². The Labute approximate surface area is 66.3 Å². The van der Waals surface area contributed by atoms with E-state index >= 15 is 0 Å². The molecule has 0 radical (unpaired) electrons. The van der Waals surface area contributed by atoms with Gasteiger partial charge in [0.2, 0.25) is 0 Å². The van der Waals surface area contributed by atoms with Crippen molar-refractivity contribution in [2.45, 2.75) is 0 Å². The first-order valence-electron chi connectivity index (χ1n) is 3.37. The Kier molecular flexibility index (Phi) is 2.55. The number of aliphatic imine (C=N–C) groups is 1. The SMILES string of the molecule is C=Cc1ccncc1/C=N\C. The van der Waals surface area contributed by atoms with Gasteiger partial charge < -0.3 is 0 Å². The molecule has 56 valence electrons. The smallest absolute Gasteiger partial charge is 0.0361 e. The molecule has 0 amide bonds. The number of nitrogens with zero attached hydrogens (tertiary/aromatic N) is 2. The van der Waals surface area contributed by atoms with E-state index in [9.17, 15) is 0 Å². The van der Waals surface area contributed by atoms with E-state index in [1.165, 1.54) is 0 Å². The molecule has 0 aliphatic heterocycles. The predicted molar refractivity (Wildman–Crippen MR) is 47.8 cm³/mol. The quantitative estimate of drug-likeness (QED) is 0.584. The van der Waals surface area contributed by atoms with Crippen molar-refractivity contribution in [3.8, 4) is 0 Å². The summed E-state index contributed by atoms with van der Waals surface area (Å²) in [6, 6.07) is 1.91. The molecule has 0 fully saturated rings. The van der Waals surface area contributed by atoms with Gasteiger partial charge in [-0.25, -0.2) is 0 Å². The fraction of sp³-hybridized carbons (Fsp3) is 0.111. The monoisotopic (exact) mass is 146 g/mol. The molecule has 2 heteroatoms. The average Bonchev–Trinajstić information content (AvgIpc) is 2.06. The lowest BCUT2D eigenvalue weighted by Crippen LogP contribution is -1.87. The van der Waals surface area contributed by atoms with E-state index < -0.39 is 0 Å². The van der Waals surface area contributed by atoms with E-state index in [1.54, 1.807) is 31.7 Å². The minimum absolute atomic E-state index is 1.00. The van der Waals surface area contributed by atoms with E-state index in [-0.39, 0.29) is 0 Å². The van der Waals surface area contributed by atoms with Gasteiger partial charge in [0.1, 0.15) is 0 Å². The molecule has 0 atom stereocenters. The molecule has 0 spiro atoms. The van der Waals surface area contributed by atoms with Crippen molar-refractivity contribution in [2.24, 2.45) is 4.99 Å². The molecule has 1 heterocycles. The van der Waals surface area contributed by atoms with Crippen molar-refractivity contribution >= 4 is 12.3 Å². The van der Waals surface area contributed by atoms with Crippen LogP contribution in [0.15, 0.2) is 30.0 Å². The van der Waals surface area contributed by atoms with Crippen LogP contribution in [-0.2, 0) is 0 Å². The standard InChI is InChI=1S/C9H10N2/c1-3-8-4-5-11-7-9(8)6-10-2/h3-7H,1H2,2H3/b10-6-. The Hall–Kier alpha value is -1.44. The molecular weight excluding hydrogens is 136 g/mol. The first-order chi connectivity index (χ1) is 5.38. The van der Waals surface area contributed by atoms with Crippen molar-refractivity contribution < 1.29 is 0 Å². The molecule has 0 aliphatic carbocycles. The van der Waals surface area contributed by atoms with Crippen molar-refractivity contribution in [1.82, 2.24) is 4.98 Å². The zero-order valence-electron chi connectivity index (χ0n) is 6.49. The third-order valence-corrected chi connectivity index (χ3v) is 1.38. The number of rotatable bonds is 2. The van der Waals surface area contributed by atoms with Gasteiger partial charge in [0, 0.05) is 31.2 Å². The fourth-order valence-corrected chi connectivity index (χ4v) is 0.850. The van der Waals surface area contributed by atoms with Gasteiger partial charge in [0.15, 0.2) is 0 Å². The number of aromatic nitrogens is 1. The highest BCUT2D eigenvalue weighted by atomic mass is 14.7. The largest absolute Gasteiger partial charge is 0.296 e. The molecule has 0 saturated carbocycles. The normalized spacial score (nSPS) is 10.3. The molecule has 1 aromatic heterocycles. The van der Waals surface area contributed by atoms with Crippen LogP contribution in [0.4, 0.5) is 0 Å². The van der Waals surface area contributed by atoms with Crippen LogP contribution in [0.1, 0.15) is 11.1 Å². The maximum atomic E-state index is 3.97. The van der Waals surface area contributed by atoms with Gasteiger partial charge in [0.05, 0.1) is 0 Å². The maximum absolute atomic E-state index is 3.97. The Morgan fingerprint density at radius 3 is 3.00 bits per heavy atom. The van der Waals surface area contributed by atoms with Crippen LogP contribution >= 0.6 is 0 Å². The highest BCUT2D eigenvalue weighted by Crippen LogP contribution is 2.04. The Morgan fingerprint density at radius 1 is 1.55 bits per heavy atom. The number of hydrogen-bond donors (Lipinski definition) is 0. The number of pyridine rings is 1. The van der Waals surface area contributed by atoms with Gasteiger partial charge >= 0.3 is 0 Å². The van der Waals surface area contributed by atoms with Crippen LogP contribution in [-0.4, -0.2) is 18.2 Å². The molecule has 11 heavy (non-hydrogen) atoms. The first-order valence-corrected chi connectivity index (χ1v) is 3.37. The second-order valence-corrected chi connectivity index (χ2v) is 2.10. The molecule has 0 aliphatic rings. The van der Waals surface area contributed by atoms with E-state index in [0.29, 0.717) is 0 Å². The van der Waals surface area contributed by atoms with Crippen molar-refractivity contribution in [2.75, 3.05) is 7.05 Å². The van der Waals surface area contributed by atoms with Gasteiger partial charge in [-0.2, -0.15) is 0 Å². The zero-order chi connectivity index (χ0) is 8.10. The van der Waals surface area contributed by atoms with E-state index in [4.69, 9.17) is 0 Å². The number of hydrogen-bond acceptors (Lipinski definition) is 2. The van der Waals surface area contributed by atoms with Crippen LogP contribution in [0.2, 0.25) is 0 Å². The third-order valence-electron chi connectivity index (χ3n) is 1.38. The Balaban J connectivity index is 3.11. The second-order valence-electron chi connectivity index (χ2n) is 2.10. The van der Waals surface area contributed by atoms with E-state index in [0.717, 1.165) is 11.1 Å². The summed E-state index contributed by atoms with van der Waals surface area (Å²) in [6.07, 6.45) is 7.07. The average molecular weight is 146 g/mol. The summed E-state index contributed by atoms with van der Waals surface area (Å²) < 4.78 is 0. The Morgan fingerprint density at radius 2 is 2.36 bits per heavy atom. The lowest BCUT2D eigenvalue weighted by molar-refractivity contribution is 1.31. The van der Waals surface area contributed by atoms with Gasteiger partial charge in [-0.15, -0.1) is 0 Å². The molecule has 0 unspecified atom stereocenters. The highest BCUT2D eigenvalue weighted by Gasteiger charge is 1.92. The van der Waals surface area contributed by atoms with Gasteiger partial charge in [-0.3, -0.25) is 9.98 Å². The highest BCUT2D eigenvalue weighted by molar-refractivity contribution is 5.84. The fourth-order valence-electron chi connectivity index (χ4n) is 0.850. The third kappa shape index (κ3) is 1.74. The van der Waals surface area contributed by atoms with E-state index in [2.05, 4.69) is 16.6 Å². The summed E-state index contributed by atoms with van der Waals surface area (Å²) >= 11 is 0. The minimum Gasteiger partial charge on any atom is -0.296 e. The molecule has 1 aromatic rings. The zero-order valence-corrected chi connectivity index (χ0v) is 6.49. The summed E-state index contributed by atoms with van der Waals surface area (Å²) in [4.78, 5) is 7.87. The summed E-state index contributed by atoms with van der Waals surface area (Å²) in [5.41, 5.74) is 2.07. The lowest BCUT2D eigenvalue weighted by Gasteiger charge is -1.96. The molecule has 2 nitrogen and oxygen atoms in total. The predicted octanol–water partition coefficient (Wildman–Crippen LogP) is 1.77. The molecule has 0 N–H and O–H groups in total. The summed E-state index contributed by atoms with van der Waals surface area (Å²) in [6.45, 7) is 3.68. The topological polar surface area (TPSA) is 25.2 Å². The van der Waals surface area contributed by atoms with Crippen LogP contribution in [0, 0.1) is 0 Å². The molecule has 0 bridgehead atoms. The van der Waals surface area contributed by atoms with Gasteiger partial charge in [-0.1, -0.05) is 12.7 Å². The van der Waals surface area contributed by atoms with Gasteiger partial charge in [-0.05, 0) is 11.6 Å². The molecule has 1 rings (SSSR count). The van der Waals surface area contributed by atoms with E-state index in [1.807, 2.05) is 6.07 Å². The van der Waals surface area contributed by atoms with Crippen LogP contribution < -0.4 is 0 Å². The summed E-state index contributed by atoms with van der Waals surface area (Å²) in [5, 5.41) is 0. The maximum Gasteiger partial charge on any atom is 0.0361 e. The molecule has 0 aromatic carbocycles. The second kappa shape index (κ2) is 3.66. The lowest BCUT2D eigenvalue weighted by atomic mass is 10.1. The summed E-state index contributed by atoms with van der Waals surface area (Å²) in [7, 11) is 1.74. The van der Waals surface area contributed by atoms with Crippen molar-refractivity contribution in [3.05, 3.63) is 36.2 Å².